The monoisotopic (exact) mass is 447 g/mol. The van der Waals surface area contributed by atoms with Crippen molar-refractivity contribution in [2.24, 2.45) is 13.0 Å². The number of fused-ring (bicyclic) bond motifs is 2. The summed E-state index contributed by atoms with van der Waals surface area (Å²) in [6.45, 7) is 2.11. The molecule has 0 radical (unpaired) electrons. The third-order valence-electron chi connectivity index (χ3n) is 6.74. The van der Waals surface area contributed by atoms with Crippen molar-refractivity contribution in [3.8, 4) is 0 Å². The lowest BCUT2D eigenvalue weighted by atomic mass is 10.0. The lowest BCUT2D eigenvalue weighted by Gasteiger charge is -2.33. The van der Waals surface area contributed by atoms with E-state index in [2.05, 4.69) is 25.2 Å². The van der Waals surface area contributed by atoms with Crippen molar-refractivity contribution < 1.29 is 9.21 Å². The Bertz CT molecular complexity index is 1410. The molecule has 4 heterocycles. The third-order valence-corrected chi connectivity index (χ3v) is 6.74. The predicted octanol–water partition coefficient (Wildman–Crippen LogP) is 2.25. The van der Waals surface area contributed by atoms with E-state index in [1.807, 2.05) is 24.3 Å². The van der Waals surface area contributed by atoms with Crippen LogP contribution in [-0.2, 0) is 7.05 Å². The number of para-hydroxylation sites is 2. The number of rotatable bonds is 5. The van der Waals surface area contributed by atoms with E-state index in [-0.39, 0.29) is 17.7 Å². The summed E-state index contributed by atoms with van der Waals surface area (Å²) in [6.07, 6.45) is 5.42. The number of oxazole rings is 1. The van der Waals surface area contributed by atoms with Crippen LogP contribution in [0.4, 0.5) is 5.82 Å². The zero-order valence-corrected chi connectivity index (χ0v) is 18.4. The van der Waals surface area contributed by atoms with Gasteiger partial charge in [-0.15, -0.1) is 0 Å². The van der Waals surface area contributed by atoms with Gasteiger partial charge in [0.2, 0.25) is 5.82 Å². The summed E-state index contributed by atoms with van der Waals surface area (Å²) in [5.41, 5.74) is 2.71. The van der Waals surface area contributed by atoms with Crippen molar-refractivity contribution in [2.75, 3.05) is 24.5 Å². The van der Waals surface area contributed by atoms with Gasteiger partial charge in [0.15, 0.2) is 22.6 Å². The van der Waals surface area contributed by atoms with E-state index < -0.39 is 0 Å². The second-order valence-electron chi connectivity index (χ2n) is 8.94. The Labute approximate surface area is 189 Å². The third kappa shape index (κ3) is 3.46. The van der Waals surface area contributed by atoms with E-state index in [1.165, 1.54) is 19.2 Å². The quantitative estimate of drug-likeness (QED) is 0.499. The molecular formula is C23H25N7O3. The van der Waals surface area contributed by atoms with E-state index in [1.54, 1.807) is 16.2 Å². The van der Waals surface area contributed by atoms with Crippen molar-refractivity contribution in [1.29, 1.82) is 0 Å². The number of carbonyl (C=O) groups is 1. The number of imidazole rings is 1. The maximum Gasteiger partial charge on any atom is 0.420 e. The molecule has 1 saturated carbocycles. The zero-order valence-electron chi connectivity index (χ0n) is 18.4. The van der Waals surface area contributed by atoms with Gasteiger partial charge in [0.25, 0.3) is 5.91 Å². The van der Waals surface area contributed by atoms with Crippen molar-refractivity contribution in [3.63, 3.8) is 0 Å². The summed E-state index contributed by atoms with van der Waals surface area (Å²) in [5.74, 6) is 1.17. The van der Waals surface area contributed by atoms with Crippen LogP contribution in [-0.4, -0.2) is 49.6 Å². The van der Waals surface area contributed by atoms with Gasteiger partial charge in [0, 0.05) is 32.7 Å². The van der Waals surface area contributed by atoms with Crippen molar-refractivity contribution >= 4 is 34.0 Å². The highest BCUT2D eigenvalue weighted by Gasteiger charge is 2.28. The summed E-state index contributed by atoms with van der Waals surface area (Å²) in [5, 5.41) is 2.98. The second kappa shape index (κ2) is 7.72. The van der Waals surface area contributed by atoms with E-state index in [9.17, 15) is 9.59 Å². The van der Waals surface area contributed by atoms with Gasteiger partial charge >= 0.3 is 5.76 Å². The minimum absolute atomic E-state index is 0.0576. The van der Waals surface area contributed by atoms with E-state index in [0.717, 1.165) is 24.2 Å². The summed E-state index contributed by atoms with van der Waals surface area (Å²) in [6, 6.07) is 7.58. The van der Waals surface area contributed by atoms with Gasteiger partial charge in [-0.2, -0.15) is 0 Å². The molecule has 6 rings (SSSR count). The summed E-state index contributed by atoms with van der Waals surface area (Å²) >= 11 is 0. The fourth-order valence-electron chi connectivity index (χ4n) is 4.73. The standard InChI is InChI=1S/C23H25N7O3/c1-28-19-18(27-21(28)22(31)24-12-14-6-7-14)20(26-13-25-19)29-10-8-15(9-11-29)30-16-4-2-3-5-17(16)33-23(30)32/h2-5,13-15H,6-12H2,1H3,(H,24,31). The number of aryl methyl sites for hydroxylation is 1. The number of hydrogen-bond donors (Lipinski definition) is 1. The SMILES string of the molecule is Cn1c(C(=O)NCC2CC2)nc2c(N3CCC(n4c(=O)oc5ccccc54)CC3)ncnc21. The highest BCUT2D eigenvalue weighted by molar-refractivity contribution is 5.96. The van der Waals surface area contributed by atoms with Crippen LogP contribution in [0.2, 0.25) is 0 Å². The van der Waals surface area contributed by atoms with Gasteiger partial charge < -0.3 is 19.2 Å². The highest BCUT2D eigenvalue weighted by Crippen LogP contribution is 2.31. The Morgan fingerprint density at radius 3 is 2.73 bits per heavy atom. The number of carbonyl (C=O) groups excluding carboxylic acids is 1. The van der Waals surface area contributed by atoms with Gasteiger partial charge in [0.1, 0.15) is 6.33 Å². The molecule has 170 valence electrons. The molecule has 3 aromatic heterocycles. The normalized spacial score (nSPS) is 17.2. The van der Waals surface area contributed by atoms with Gasteiger partial charge in [-0.3, -0.25) is 9.36 Å². The number of nitrogens with zero attached hydrogens (tertiary/aromatic N) is 6. The molecule has 2 aliphatic rings. The molecule has 33 heavy (non-hydrogen) atoms. The molecule has 0 bridgehead atoms. The predicted molar refractivity (Wildman–Crippen MR) is 122 cm³/mol. The highest BCUT2D eigenvalue weighted by atomic mass is 16.4. The Balaban J connectivity index is 1.25. The lowest BCUT2D eigenvalue weighted by Crippen LogP contribution is -2.37. The van der Waals surface area contributed by atoms with E-state index in [4.69, 9.17) is 4.42 Å². The lowest BCUT2D eigenvalue weighted by molar-refractivity contribution is 0.0939. The topological polar surface area (TPSA) is 111 Å². The number of benzene rings is 1. The van der Waals surface area contributed by atoms with Crippen molar-refractivity contribution in [3.05, 3.63) is 47.0 Å². The molecule has 1 N–H and O–H groups in total. The molecule has 1 aromatic carbocycles. The number of piperidine rings is 1. The average Bonchev–Trinajstić information content (AvgIpc) is 3.52. The van der Waals surface area contributed by atoms with Crippen LogP contribution in [0.15, 0.2) is 39.8 Å². The first-order valence-corrected chi connectivity index (χ1v) is 11.4. The van der Waals surface area contributed by atoms with Crippen LogP contribution in [0.3, 0.4) is 0 Å². The molecule has 0 spiro atoms. The van der Waals surface area contributed by atoms with Gasteiger partial charge in [-0.1, -0.05) is 12.1 Å². The maximum atomic E-state index is 12.7. The molecule has 0 unspecified atom stereocenters. The van der Waals surface area contributed by atoms with Crippen LogP contribution in [0.5, 0.6) is 0 Å². The molecule has 1 saturated heterocycles. The first-order chi connectivity index (χ1) is 16.1. The molecule has 1 amide bonds. The number of anilines is 1. The van der Waals surface area contributed by atoms with Gasteiger partial charge in [-0.25, -0.2) is 19.7 Å². The minimum atomic E-state index is -0.314. The number of amides is 1. The summed E-state index contributed by atoms with van der Waals surface area (Å²) in [7, 11) is 1.81. The van der Waals surface area contributed by atoms with Crippen LogP contribution in [0.1, 0.15) is 42.3 Å². The van der Waals surface area contributed by atoms with Crippen molar-refractivity contribution in [1.82, 2.24) is 29.4 Å². The first kappa shape index (κ1) is 20.0. The fourth-order valence-corrected chi connectivity index (χ4v) is 4.73. The van der Waals surface area contributed by atoms with Crippen molar-refractivity contribution in [2.45, 2.75) is 31.7 Å². The number of nitrogens with one attached hydrogen (secondary N) is 1. The largest absolute Gasteiger partial charge is 0.420 e. The molecule has 1 aliphatic carbocycles. The second-order valence-corrected chi connectivity index (χ2v) is 8.94. The van der Waals surface area contributed by atoms with Gasteiger partial charge in [-0.05, 0) is 43.7 Å². The first-order valence-electron chi connectivity index (χ1n) is 11.4. The van der Waals surface area contributed by atoms with E-state index in [0.29, 0.717) is 48.1 Å². The van der Waals surface area contributed by atoms with Crippen LogP contribution >= 0.6 is 0 Å². The summed E-state index contributed by atoms with van der Waals surface area (Å²) in [4.78, 5) is 40.8. The molecule has 10 nitrogen and oxygen atoms in total. The average molecular weight is 447 g/mol. The molecule has 2 fully saturated rings. The number of hydrogen-bond acceptors (Lipinski definition) is 7. The fraction of sp³-hybridized carbons (Fsp3) is 0.435. The Morgan fingerprint density at radius 2 is 1.94 bits per heavy atom. The van der Waals surface area contributed by atoms with Crippen LogP contribution < -0.4 is 16.0 Å². The van der Waals surface area contributed by atoms with Crippen LogP contribution in [0.25, 0.3) is 22.3 Å². The molecule has 1 aliphatic heterocycles. The minimum Gasteiger partial charge on any atom is -0.408 e. The zero-order chi connectivity index (χ0) is 22.5. The maximum absolute atomic E-state index is 12.7. The van der Waals surface area contributed by atoms with Crippen LogP contribution in [0, 0.1) is 5.92 Å². The van der Waals surface area contributed by atoms with Gasteiger partial charge in [0.05, 0.1) is 5.52 Å². The molecular weight excluding hydrogens is 422 g/mol. The number of aromatic nitrogens is 5. The Morgan fingerprint density at radius 1 is 1.15 bits per heavy atom. The van der Waals surface area contributed by atoms with E-state index >= 15 is 0 Å². The Kier molecular flexibility index (Phi) is 4.67. The molecule has 10 heteroatoms. The Hall–Kier alpha value is -3.69. The molecule has 0 atom stereocenters. The molecule has 4 aromatic rings. The summed E-state index contributed by atoms with van der Waals surface area (Å²) < 4.78 is 8.92. The smallest absolute Gasteiger partial charge is 0.408 e.